The van der Waals surface area contributed by atoms with Gasteiger partial charge in [-0.3, -0.25) is 14.2 Å². The van der Waals surface area contributed by atoms with Crippen molar-refractivity contribution < 1.29 is 4.79 Å². The molecule has 0 atom stereocenters. The zero-order chi connectivity index (χ0) is 22.3. The van der Waals surface area contributed by atoms with Crippen LogP contribution in [-0.4, -0.2) is 28.3 Å². The number of benzene rings is 3. The van der Waals surface area contributed by atoms with Gasteiger partial charge < -0.3 is 4.90 Å². The zero-order valence-corrected chi connectivity index (χ0v) is 18.8. The number of thioether (sulfide) groups is 1. The topological polar surface area (TPSA) is 55.2 Å². The predicted molar refractivity (Wildman–Crippen MR) is 131 cm³/mol. The monoisotopic (exact) mass is 443 g/mol. The van der Waals surface area contributed by atoms with Crippen molar-refractivity contribution in [3.8, 4) is 0 Å². The standard InChI is InChI=1S/C26H25N3O2S/c1-28(21-14-6-3-7-15-21)24(30)19-32-26-27-23-17-9-8-16-22(23)25(31)29(26)18-10-13-20-11-4-2-5-12-20/h2-9,11-12,14-17H,10,13,18-19H2,1H3. The van der Waals surface area contributed by atoms with E-state index >= 15 is 0 Å². The highest BCUT2D eigenvalue weighted by Crippen LogP contribution is 2.20. The molecule has 6 heteroatoms. The molecule has 1 heterocycles. The Morgan fingerprint density at radius 1 is 0.938 bits per heavy atom. The molecule has 162 valence electrons. The summed E-state index contributed by atoms with van der Waals surface area (Å²) in [6, 6.07) is 27.1. The van der Waals surface area contributed by atoms with E-state index in [1.165, 1.54) is 17.3 Å². The minimum atomic E-state index is -0.0602. The van der Waals surface area contributed by atoms with E-state index in [-0.39, 0.29) is 17.2 Å². The van der Waals surface area contributed by atoms with Gasteiger partial charge in [0, 0.05) is 19.3 Å². The summed E-state index contributed by atoms with van der Waals surface area (Å²) in [6.45, 7) is 0.552. The summed E-state index contributed by atoms with van der Waals surface area (Å²) in [4.78, 5) is 32.3. The van der Waals surface area contributed by atoms with Crippen LogP contribution in [0.3, 0.4) is 0 Å². The van der Waals surface area contributed by atoms with Crippen LogP contribution in [0.1, 0.15) is 12.0 Å². The van der Waals surface area contributed by atoms with Crippen LogP contribution in [0.4, 0.5) is 5.69 Å². The third kappa shape index (κ3) is 5.08. The van der Waals surface area contributed by atoms with Crippen LogP contribution >= 0.6 is 11.8 Å². The number of fused-ring (bicyclic) bond motifs is 1. The molecule has 0 aliphatic rings. The van der Waals surface area contributed by atoms with Crippen molar-refractivity contribution in [2.75, 3.05) is 17.7 Å². The van der Waals surface area contributed by atoms with Gasteiger partial charge in [0.05, 0.1) is 16.7 Å². The number of hydrogen-bond acceptors (Lipinski definition) is 4. The number of aromatic nitrogens is 2. The Kier molecular flexibility index (Phi) is 7.02. The first kappa shape index (κ1) is 21.8. The smallest absolute Gasteiger partial charge is 0.262 e. The fourth-order valence-electron chi connectivity index (χ4n) is 3.56. The van der Waals surface area contributed by atoms with Gasteiger partial charge in [0.25, 0.3) is 5.56 Å². The molecule has 0 saturated carbocycles. The minimum Gasteiger partial charge on any atom is -0.315 e. The first-order valence-corrected chi connectivity index (χ1v) is 11.6. The molecule has 0 N–H and O–H groups in total. The molecule has 1 aromatic heterocycles. The average Bonchev–Trinajstić information content (AvgIpc) is 2.85. The summed E-state index contributed by atoms with van der Waals surface area (Å²) >= 11 is 1.31. The number of nitrogens with zero attached hydrogens (tertiary/aromatic N) is 3. The molecule has 0 radical (unpaired) electrons. The van der Waals surface area contributed by atoms with E-state index in [9.17, 15) is 9.59 Å². The fourth-order valence-corrected chi connectivity index (χ4v) is 4.50. The largest absolute Gasteiger partial charge is 0.315 e. The molecule has 0 spiro atoms. The van der Waals surface area contributed by atoms with Crippen molar-refractivity contribution >= 4 is 34.3 Å². The van der Waals surface area contributed by atoms with Gasteiger partial charge in [-0.05, 0) is 42.7 Å². The van der Waals surface area contributed by atoms with Crippen molar-refractivity contribution in [2.24, 2.45) is 0 Å². The molecule has 1 amide bonds. The lowest BCUT2D eigenvalue weighted by Gasteiger charge is -2.18. The Balaban J connectivity index is 1.54. The molecular formula is C26H25N3O2S. The van der Waals surface area contributed by atoms with Crippen molar-refractivity contribution in [3.63, 3.8) is 0 Å². The van der Waals surface area contributed by atoms with E-state index in [1.807, 2.05) is 66.7 Å². The Morgan fingerprint density at radius 2 is 1.59 bits per heavy atom. The van der Waals surface area contributed by atoms with Gasteiger partial charge in [-0.2, -0.15) is 0 Å². The zero-order valence-electron chi connectivity index (χ0n) is 18.0. The molecule has 4 rings (SSSR count). The Bertz CT molecular complexity index is 1260. The summed E-state index contributed by atoms with van der Waals surface area (Å²) in [6.07, 6.45) is 1.69. The molecule has 0 bridgehead atoms. The molecule has 32 heavy (non-hydrogen) atoms. The molecule has 0 fully saturated rings. The summed E-state index contributed by atoms with van der Waals surface area (Å²) in [7, 11) is 1.76. The van der Waals surface area contributed by atoms with Crippen LogP contribution in [0.5, 0.6) is 0 Å². The highest BCUT2D eigenvalue weighted by molar-refractivity contribution is 7.99. The van der Waals surface area contributed by atoms with E-state index in [0.717, 1.165) is 18.5 Å². The maximum absolute atomic E-state index is 13.2. The van der Waals surface area contributed by atoms with Gasteiger partial charge in [-0.1, -0.05) is 72.4 Å². The highest BCUT2D eigenvalue weighted by atomic mass is 32.2. The predicted octanol–water partition coefficient (Wildman–Crippen LogP) is 4.78. The Hall–Kier alpha value is -3.38. The van der Waals surface area contributed by atoms with Crippen LogP contribution in [-0.2, 0) is 17.8 Å². The first-order chi connectivity index (χ1) is 15.6. The maximum atomic E-state index is 13.2. The number of aryl methyl sites for hydroxylation is 1. The third-order valence-electron chi connectivity index (χ3n) is 5.36. The number of hydrogen-bond donors (Lipinski definition) is 0. The van der Waals surface area contributed by atoms with Crippen molar-refractivity contribution in [1.82, 2.24) is 9.55 Å². The SMILES string of the molecule is CN(C(=O)CSc1nc2ccccc2c(=O)n1CCCc1ccccc1)c1ccccc1. The van der Waals surface area contributed by atoms with Crippen LogP contribution in [0.25, 0.3) is 10.9 Å². The van der Waals surface area contributed by atoms with E-state index in [2.05, 4.69) is 12.1 Å². The number of carbonyl (C=O) groups excluding carboxylic acids is 1. The second-order valence-electron chi connectivity index (χ2n) is 7.53. The van der Waals surface area contributed by atoms with Gasteiger partial charge in [0.15, 0.2) is 5.16 Å². The summed E-state index contributed by atoms with van der Waals surface area (Å²) in [5.41, 5.74) is 2.67. The lowest BCUT2D eigenvalue weighted by Crippen LogP contribution is -2.29. The number of rotatable bonds is 8. The second kappa shape index (κ2) is 10.3. The number of carbonyl (C=O) groups is 1. The van der Waals surface area contributed by atoms with Gasteiger partial charge >= 0.3 is 0 Å². The second-order valence-corrected chi connectivity index (χ2v) is 8.48. The van der Waals surface area contributed by atoms with E-state index in [0.29, 0.717) is 22.6 Å². The van der Waals surface area contributed by atoms with Crippen molar-refractivity contribution in [2.45, 2.75) is 24.5 Å². The summed E-state index contributed by atoms with van der Waals surface area (Å²) < 4.78 is 1.71. The van der Waals surface area contributed by atoms with E-state index < -0.39 is 0 Å². The average molecular weight is 444 g/mol. The molecule has 0 unspecified atom stereocenters. The minimum absolute atomic E-state index is 0.0422. The maximum Gasteiger partial charge on any atom is 0.262 e. The van der Waals surface area contributed by atoms with E-state index in [1.54, 1.807) is 22.6 Å². The van der Waals surface area contributed by atoms with E-state index in [4.69, 9.17) is 4.98 Å². The normalized spacial score (nSPS) is 10.9. The quantitative estimate of drug-likeness (QED) is 0.290. The van der Waals surface area contributed by atoms with Crippen molar-refractivity contribution in [1.29, 1.82) is 0 Å². The lowest BCUT2D eigenvalue weighted by molar-refractivity contribution is -0.115. The van der Waals surface area contributed by atoms with Gasteiger partial charge in [-0.15, -0.1) is 0 Å². The van der Waals surface area contributed by atoms with Crippen LogP contribution in [0.15, 0.2) is 94.9 Å². The first-order valence-electron chi connectivity index (χ1n) is 10.6. The molecule has 0 saturated heterocycles. The highest BCUT2D eigenvalue weighted by Gasteiger charge is 2.16. The summed E-state index contributed by atoms with van der Waals surface area (Å²) in [5.74, 6) is 0.161. The summed E-state index contributed by atoms with van der Waals surface area (Å²) in [5, 5.41) is 1.18. The number of amides is 1. The van der Waals surface area contributed by atoms with Crippen LogP contribution in [0.2, 0.25) is 0 Å². The van der Waals surface area contributed by atoms with Crippen molar-refractivity contribution in [3.05, 3.63) is 101 Å². The Morgan fingerprint density at radius 3 is 2.34 bits per heavy atom. The van der Waals surface area contributed by atoms with Crippen LogP contribution in [0, 0.1) is 0 Å². The number of para-hydroxylation sites is 2. The van der Waals surface area contributed by atoms with Gasteiger partial charge in [0.2, 0.25) is 5.91 Å². The molecular weight excluding hydrogens is 418 g/mol. The molecule has 0 aliphatic heterocycles. The fraction of sp³-hybridized carbons (Fsp3) is 0.192. The van der Waals surface area contributed by atoms with Gasteiger partial charge in [0.1, 0.15) is 0 Å². The number of anilines is 1. The lowest BCUT2D eigenvalue weighted by atomic mass is 10.1. The third-order valence-corrected chi connectivity index (χ3v) is 6.32. The molecule has 3 aromatic carbocycles. The van der Waals surface area contributed by atoms with Gasteiger partial charge in [-0.25, -0.2) is 4.98 Å². The Labute approximate surface area is 191 Å². The van der Waals surface area contributed by atoms with Crippen LogP contribution < -0.4 is 10.5 Å². The molecule has 5 nitrogen and oxygen atoms in total. The molecule has 0 aliphatic carbocycles. The molecule has 4 aromatic rings.